The summed E-state index contributed by atoms with van der Waals surface area (Å²) in [4.78, 5) is 15.5. The summed E-state index contributed by atoms with van der Waals surface area (Å²) in [7, 11) is 3.40. The molecule has 1 aromatic rings. The molecule has 0 aliphatic rings. The van der Waals surface area contributed by atoms with Crippen molar-refractivity contribution in [2.75, 3.05) is 7.11 Å². The Morgan fingerprint density at radius 2 is 2.46 bits per heavy atom. The standard InChI is InChI=1S/C9H14N2O2/c1-7(13-3)6-8(12)9-10-4-5-11(9)2/h4-5,7H,6H2,1-3H3. The van der Waals surface area contributed by atoms with Crippen LogP contribution in [0.15, 0.2) is 12.4 Å². The van der Waals surface area contributed by atoms with Crippen LogP contribution in [0.3, 0.4) is 0 Å². The summed E-state index contributed by atoms with van der Waals surface area (Å²) >= 11 is 0. The molecular weight excluding hydrogens is 168 g/mol. The van der Waals surface area contributed by atoms with Crippen LogP contribution in [0.1, 0.15) is 24.0 Å². The Labute approximate surface area is 77.5 Å². The topological polar surface area (TPSA) is 44.1 Å². The second-order valence-electron chi connectivity index (χ2n) is 3.04. The van der Waals surface area contributed by atoms with Gasteiger partial charge in [0.2, 0.25) is 5.78 Å². The lowest BCUT2D eigenvalue weighted by atomic mass is 10.2. The van der Waals surface area contributed by atoms with Gasteiger partial charge in [0, 0.05) is 33.0 Å². The zero-order valence-electron chi connectivity index (χ0n) is 8.15. The quantitative estimate of drug-likeness (QED) is 0.653. The van der Waals surface area contributed by atoms with Gasteiger partial charge in [-0.15, -0.1) is 0 Å². The van der Waals surface area contributed by atoms with E-state index >= 15 is 0 Å². The first-order valence-electron chi connectivity index (χ1n) is 4.18. The summed E-state index contributed by atoms with van der Waals surface area (Å²) in [5, 5.41) is 0. The van der Waals surface area contributed by atoms with Gasteiger partial charge in [-0.1, -0.05) is 0 Å². The van der Waals surface area contributed by atoms with Gasteiger partial charge in [0.05, 0.1) is 6.10 Å². The fraction of sp³-hybridized carbons (Fsp3) is 0.556. The summed E-state index contributed by atoms with van der Waals surface area (Å²) in [5.74, 6) is 0.505. The van der Waals surface area contributed by atoms with Crippen LogP contribution >= 0.6 is 0 Å². The minimum atomic E-state index is -0.0517. The van der Waals surface area contributed by atoms with Crippen molar-refractivity contribution in [3.63, 3.8) is 0 Å². The number of imidazole rings is 1. The molecule has 1 aromatic heterocycles. The van der Waals surface area contributed by atoms with Crippen LogP contribution in [0.4, 0.5) is 0 Å². The molecule has 0 fully saturated rings. The van der Waals surface area contributed by atoms with Gasteiger partial charge in [-0.3, -0.25) is 4.79 Å². The maximum Gasteiger partial charge on any atom is 0.200 e. The molecule has 0 N–H and O–H groups in total. The summed E-state index contributed by atoms with van der Waals surface area (Å²) in [6.07, 6.45) is 3.70. The van der Waals surface area contributed by atoms with E-state index in [-0.39, 0.29) is 11.9 Å². The zero-order valence-corrected chi connectivity index (χ0v) is 8.15. The summed E-state index contributed by atoms with van der Waals surface area (Å²) in [5.41, 5.74) is 0. The lowest BCUT2D eigenvalue weighted by molar-refractivity contribution is 0.0780. The molecule has 0 radical (unpaired) electrons. The number of Topliss-reactive ketones (excluding diaryl/α,β-unsaturated/α-hetero) is 1. The van der Waals surface area contributed by atoms with Crippen LogP contribution in [0, 0.1) is 0 Å². The molecule has 0 aliphatic carbocycles. The van der Waals surface area contributed by atoms with Gasteiger partial charge in [0.25, 0.3) is 0 Å². The van der Waals surface area contributed by atoms with Gasteiger partial charge in [-0.05, 0) is 6.92 Å². The van der Waals surface area contributed by atoms with Gasteiger partial charge in [0.15, 0.2) is 5.82 Å². The van der Waals surface area contributed by atoms with Gasteiger partial charge < -0.3 is 9.30 Å². The van der Waals surface area contributed by atoms with Crippen LogP contribution in [-0.4, -0.2) is 28.5 Å². The van der Waals surface area contributed by atoms with Crippen molar-refractivity contribution in [3.8, 4) is 0 Å². The first-order valence-corrected chi connectivity index (χ1v) is 4.18. The van der Waals surface area contributed by atoms with Gasteiger partial charge in [-0.25, -0.2) is 4.98 Å². The van der Waals surface area contributed by atoms with E-state index in [1.165, 1.54) is 0 Å². The fourth-order valence-electron chi connectivity index (χ4n) is 1.07. The zero-order chi connectivity index (χ0) is 9.84. The highest BCUT2D eigenvalue weighted by Crippen LogP contribution is 2.04. The molecule has 0 aromatic carbocycles. The van der Waals surface area contributed by atoms with Gasteiger partial charge >= 0.3 is 0 Å². The third-order valence-corrected chi connectivity index (χ3v) is 1.95. The molecule has 4 nitrogen and oxygen atoms in total. The third-order valence-electron chi connectivity index (χ3n) is 1.95. The average Bonchev–Trinajstić information content (AvgIpc) is 2.51. The fourth-order valence-corrected chi connectivity index (χ4v) is 1.07. The first kappa shape index (κ1) is 9.92. The number of carbonyl (C=O) groups is 1. The number of hydrogen-bond donors (Lipinski definition) is 0. The Morgan fingerprint density at radius 3 is 2.92 bits per heavy atom. The minimum Gasteiger partial charge on any atom is -0.381 e. The maximum absolute atomic E-state index is 11.5. The molecule has 1 unspecified atom stereocenters. The van der Waals surface area contributed by atoms with Crippen molar-refractivity contribution in [1.29, 1.82) is 0 Å². The van der Waals surface area contributed by atoms with E-state index in [1.807, 2.05) is 6.92 Å². The molecule has 1 rings (SSSR count). The Morgan fingerprint density at radius 1 is 1.77 bits per heavy atom. The molecule has 13 heavy (non-hydrogen) atoms. The number of hydrogen-bond acceptors (Lipinski definition) is 3. The van der Waals surface area contributed by atoms with E-state index in [4.69, 9.17) is 4.74 Å². The molecule has 0 saturated carbocycles. The summed E-state index contributed by atoms with van der Waals surface area (Å²) in [6, 6.07) is 0. The number of rotatable bonds is 4. The highest BCUT2D eigenvalue weighted by molar-refractivity contribution is 5.93. The predicted octanol–water partition coefficient (Wildman–Crippen LogP) is 1.03. The van der Waals surface area contributed by atoms with Gasteiger partial charge in [-0.2, -0.15) is 0 Å². The highest BCUT2D eigenvalue weighted by Gasteiger charge is 2.13. The Balaban J connectivity index is 2.64. The van der Waals surface area contributed by atoms with Crippen molar-refractivity contribution in [2.45, 2.75) is 19.4 Å². The molecule has 1 atom stereocenters. The van der Waals surface area contributed by atoms with Crippen molar-refractivity contribution in [2.24, 2.45) is 7.05 Å². The van der Waals surface area contributed by atoms with E-state index in [0.717, 1.165) is 0 Å². The number of methoxy groups -OCH3 is 1. The Bertz CT molecular complexity index is 294. The monoisotopic (exact) mass is 182 g/mol. The van der Waals surface area contributed by atoms with Gasteiger partial charge in [0.1, 0.15) is 0 Å². The second-order valence-corrected chi connectivity index (χ2v) is 3.04. The predicted molar refractivity (Wildman–Crippen MR) is 48.6 cm³/mol. The van der Waals surface area contributed by atoms with E-state index in [9.17, 15) is 4.79 Å². The lowest BCUT2D eigenvalue weighted by Crippen LogP contribution is -2.15. The molecule has 0 aliphatic heterocycles. The number of aromatic nitrogens is 2. The molecular formula is C9H14N2O2. The first-order chi connectivity index (χ1) is 6.15. The third kappa shape index (κ3) is 2.39. The van der Waals surface area contributed by atoms with Crippen LogP contribution in [0.2, 0.25) is 0 Å². The number of aryl methyl sites for hydroxylation is 1. The number of nitrogens with zero attached hydrogens (tertiary/aromatic N) is 2. The summed E-state index contributed by atoms with van der Waals surface area (Å²) < 4.78 is 6.71. The largest absolute Gasteiger partial charge is 0.381 e. The van der Waals surface area contributed by atoms with Crippen molar-refractivity contribution >= 4 is 5.78 Å². The van der Waals surface area contributed by atoms with Crippen LogP contribution in [-0.2, 0) is 11.8 Å². The van der Waals surface area contributed by atoms with Crippen molar-refractivity contribution in [3.05, 3.63) is 18.2 Å². The molecule has 4 heteroatoms. The molecule has 0 amide bonds. The SMILES string of the molecule is COC(C)CC(=O)c1nccn1C. The molecule has 1 heterocycles. The average molecular weight is 182 g/mol. The molecule has 0 saturated heterocycles. The normalized spacial score (nSPS) is 12.8. The smallest absolute Gasteiger partial charge is 0.200 e. The van der Waals surface area contributed by atoms with Crippen LogP contribution < -0.4 is 0 Å². The highest BCUT2D eigenvalue weighted by atomic mass is 16.5. The van der Waals surface area contributed by atoms with E-state index < -0.39 is 0 Å². The number of ether oxygens (including phenoxy) is 1. The maximum atomic E-state index is 11.5. The van der Waals surface area contributed by atoms with Crippen molar-refractivity contribution in [1.82, 2.24) is 9.55 Å². The summed E-state index contributed by atoms with van der Waals surface area (Å²) in [6.45, 7) is 1.86. The second kappa shape index (κ2) is 4.18. The van der Waals surface area contributed by atoms with Crippen LogP contribution in [0.5, 0.6) is 0 Å². The number of carbonyl (C=O) groups excluding carboxylic acids is 1. The molecule has 72 valence electrons. The number of ketones is 1. The van der Waals surface area contributed by atoms with E-state index in [2.05, 4.69) is 4.98 Å². The minimum absolute atomic E-state index is 0.0156. The van der Waals surface area contributed by atoms with Crippen molar-refractivity contribution < 1.29 is 9.53 Å². The molecule has 0 bridgehead atoms. The molecule has 0 spiro atoms. The lowest BCUT2D eigenvalue weighted by Gasteiger charge is -2.07. The van der Waals surface area contributed by atoms with Crippen LogP contribution in [0.25, 0.3) is 0 Å². The Hall–Kier alpha value is -1.16. The van der Waals surface area contributed by atoms with E-state index in [0.29, 0.717) is 12.2 Å². The van der Waals surface area contributed by atoms with E-state index in [1.54, 1.807) is 31.1 Å². The Kier molecular flexibility index (Phi) is 3.19.